The average molecular weight is 289 g/mol. The minimum atomic E-state index is 0.0230. The molecule has 2 N–H and O–H groups in total. The Bertz CT molecular complexity index is 477. The zero-order valence-corrected chi connectivity index (χ0v) is 13.5. The van der Waals surface area contributed by atoms with Crippen molar-refractivity contribution in [1.82, 2.24) is 10.2 Å². The van der Waals surface area contributed by atoms with Crippen LogP contribution in [0, 0.1) is 11.8 Å². The molecule has 1 amide bonds. The highest BCUT2D eigenvalue weighted by atomic mass is 16.1. The van der Waals surface area contributed by atoms with E-state index in [4.69, 9.17) is 0 Å². The quantitative estimate of drug-likeness (QED) is 0.871. The minimum Gasteiger partial charge on any atom is -0.384 e. The van der Waals surface area contributed by atoms with Crippen LogP contribution in [0.3, 0.4) is 0 Å². The van der Waals surface area contributed by atoms with Gasteiger partial charge in [-0.3, -0.25) is 4.79 Å². The fraction of sp³-hybridized carbons (Fsp3) is 0.588. The third-order valence-electron chi connectivity index (χ3n) is 4.31. The van der Waals surface area contributed by atoms with Crippen molar-refractivity contribution in [1.29, 1.82) is 0 Å². The maximum absolute atomic E-state index is 12.4. The second-order valence-corrected chi connectivity index (χ2v) is 6.46. The molecule has 4 heteroatoms. The summed E-state index contributed by atoms with van der Waals surface area (Å²) in [4.78, 5) is 14.6. The predicted octanol–water partition coefficient (Wildman–Crippen LogP) is 1.97. The highest BCUT2D eigenvalue weighted by Gasteiger charge is 2.25. The molecule has 1 aromatic rings. The van der Waals surface area contributed by atoms with E-state index in [-0.39, 0.29) is 11.8 Å². The second kappa shape index (κ2) is 6.94. The fourth-order valence-corrected chi connectivity index (χ4v) is 2.99. The van der Waals surface area contributed by atoms with Crippen molar-refractivity contribution < 1.29 is 4.79 Å². The van der Waals surface area contributed by atoms with Crippen molar-refractivity contribution in [3.8, 4) is 0 Å². The van der Waals surface area contributed by atoms with Crippen molar-refractivity contribution in [2.75, 3.05) is 32.5 Å². The number of carbonyl (C=O) groups excluding carboxylic acids is 1. The highest BCUT2D eigenvalue weighted by Crippen LogP contribution is 2.24. The van der Waals surface area contributed by atoms with Gasteiger partial charge in [-0.05, 0) is 38.1 Å². The lowest BCUT2D eigenvalue weighted by Crippen LogP contribution is -2.46. The number of hydrogen-bond acceptors (Lipinski definition) is 3. The Kier molecular flexibility index (Phi) is 5.23. The van der Waals surface area contributed by atoms with Gasteiger partial charge in [-0.2, -0.15) is 0 Å². The third kappa shape index (κ3) is 3.97. The highest BCUT2D eigenvalue weighted by molar-refractivity contribution is 5.80. The molecule has 0 fully saturated rings. The molecule has 1 aliphatic rings. The van der Waals surface area contributed by atoms with Crippen LogP contribution in [0.2, 0.25) is 0 Å². The molecule has 4 nitrogen and oxygen atoms in total. The SMILES string of the molecule is CC(C)C(CNC(=O)C1CNc2ccccc2C1)N(C)C. The number of amides is 1. The van der Waals surface area contributed by atoms with Gasteiger partial charge in [0.05, 0.1) is 5.92 Å². The number of nitrogens with zero attached hydrogens (tertiary/aromatic N) is 1. The molecule has 0 spiro atoms. The largest absolute Gasteiger partial charge is 0.384 e. The van der Waals surface area contributed by atoms with E-state index in [0.29, 0.717) is 18.5 Å². The summed E-state index contributed by atoms with van der Waals surface area (Å²) in [6, 6.07) is 8.60. The Labute approximate surface area is 127 Å². The van der Waals surface area contributed by atoms with E-state index in [1.165, 1.54) is 5.56 Å². The average Bonchev–Trinajstić information content (AvgIpc) is 2.46. The van der Waals surface area contributed by atoms with E-state index in [9.17, 15) is 4.79 Å². The molecule has 0 radical (unpaired) electrons. The first-order valence-corrected chi connectivity index (χ1v) is 7.75. The van der Waals surface area contributed by atoms with Crippen molar-refractivity contribution in [2.24, 2.45) is 11.8 Å². The lowest BCUT2D eigenvalue weighted by molar-refractivity contribution is -0.124. The summed E-state index contributed by atoms with van der Waals surface area (Å²) < 4.78 is 0. The summed E-state index contributed by atoms with van der Waals surface area (Å²) >= 11 is 0. The van der Waals surface area contributed by atoms with Crippen molar-refractivity contribution in [3.63, 3.8) is 0 Å². The molecule has 116 valence electrons. The Balaban J connectivity index is 1.90. The summed E-state index contributed by atoms with van der Waals surface area (Å²) in [5.41, 5.74) is 2.40. The van der Waals surface area contributed by atoms with Gasteiger partial charge in [-0.25, -0.2) is 0 Å². The summed E-state index contributed by atoms with van der Waals surface area (Å²) in [6.07, 6.45) is 0.823. The summed E-state index contributed by atoms with van der Waals surface area (Å²) in [5.74, 6) is 0.699. The number of anilines is 1. The molecular weight excluding hydrogens is 262 g/mol. The first-order chi connectivity index (χ1) is 9.99. The predicted molar refractivity (Wildman–Crippen MR) is 87.4 cm³/mol. The molecule has 2 unspecified atom stereocenters. The fourth-order valence-electron chi connectivity index (χ4n) is 2.99. The molecule has 0 saturated heterocycles. The van der Waals surface area contributed by atoms with Crippen LogP contribution < -0.4 is 10.6 Å². The number of para-hydroxylation sites is 1. The van der Waals surface area contributed by atoms with Gasteiger partial charge in [0.15, 0.2) is 0 Å². The van der Waals surface area contributed by atoms with E-state index >= 15 is 0 Å². The molecule has 2 atom stereocenters. The number of carbonyl (C=O) groups is 1. The molecule has 0 aromatic heterocycles. The Morgan fingerprint density at radius 3 is 2.76 bits per heavy atom. The van der Waals surface area contributed by atoms with Crippen molar-refractivity contribution in [3.05, 3.63) is 29.8 Å². The van der Waals surface area contributed by atoms with Crippen LogP contribution in [0.5, 0.6) is 0 Å². The lowest BCUT2D eigenvalue weighted by atomic mass is 9.93. The van der Waals surface area contributed by atoms with Crippen LogP contribution in [0.15, 0.2) is 24.3 Å². The zero-order valence-electron chi connectivity index (χ0n) is 13.5. The van der Waals surface area contributed by atoms with Crippen LogP contribution in [0.25, 0.3) is 0 Å². The Morgan fingerprint density at radius 2 is 2.10 bits per heavy atom. The summed E-state index contributed by atoms with van der Waals surface area (Å²) in [7, 11) is 4.13. The summed E-state index contributed by atoms with van der Waals surface area (Å²) in [6.45, 7) is 5.81. The molecule has 0 aliphatic carbocycles. The number of likely N-dealkylation sites (N-methyl/N-ethyl adjacent to an activating group) is 1. The van der Waals surface area contributed by atoms with Gasteiger partial charge >= 0.3 is 0 Å². The number of nitrogens with one attached hydrogen (secondary N) is 2. The van der Waals surface area contributed by atoms with Crippen LogP contribution >= 0.6 is 0 Å². The van der Waals surface area contributed by atoms with Crippen LogP contribution in [-0.4, -0.2) is 44.0 Å². The molecule has 0 saturated carbocycles. The minimum absolute atomic E-state index is 0.0230. The first kappa shape index (κ1) is 15.8. The van der Waals surface area contributed by atoms with Gasteiger partial charge in [0.2, 0.25) is 5.91 Å². The van der Waals surface area contributed by atoms with Crippen LogP contribution in [0.4, 0.5) is 5.69 Å². The molecule has 1 aromatic carbocycles. The Hall–Kier alpha value is -1.55. The van der Waals surface area contributed by atoms with Gasteiger partial charge in [0.1, 0.15) is 0 Å². The molecule has 21 heavy (non-hydrogen) atoms. The van der Waals surface area contributed by atoms with E-state index < -0.39 is 0 Å². The van der Waals surface area contributed by atoms with Gasteiger partial charge in [0.25, 0.3) is 0 Å². The van der Waals surface area contributed by atoms with E-state index in [1.807, 2.05) is 12.1 Å². The third-order valence-corrected chi connectivity index (χ3v) is 4.31. The smallest absolute Gasteiger partial charge is 0.225 e. The molecular formula is C17H27N3O. The van der Waals surface area contributed by atoms with E-state index in [1.54, 1.807) is 0 Å². The molecule has 0 bridgehead atoms. The lowest BCUT2D eigenvalue weighted by Gasteiger charge is -2.30. The van der Waals surface area contributed by atoms with Gasteiger partial charge < -0.3 is 15.5 Å². The first-order valence-electron chi connectivity index (χ1n) is 7.75. The molecule has 1 heterocycles. The number of benzene rings is 1. The molecule has 2 rings (SSSR count). The van der Waals surface area contributed by atoms with Gasteiger partial charge in [-0.1, -0.05) is 32.0 Å². The second-order valence-electron chi connectivity index (χ2n) is 6.46. The normalized spacial score (nSPS) is 19.0. The van der Waals surface area contributed by atoms with Gasteiger partial charge in [-0.15, -0.1) is 0 Å². The van der Waals surface area contributed by atoms with Crippen LogP contribution in [0.1, 0.15) is 19.4 Å². The summed E-state index contributed by atoms with van der Waals surface area (Å²) in [5, 5.41) is 6.48. The number of hydrogen-bond donors (Lipinski definition) is 2. The number of rotatable bonds is 5. The zero-order chi connectivity index (χ0) is 15.4. The van der Waals surface area contributed by atoms with E-state index in [0.717, 1.165) is 18.7 Å². The van der Waals surface area contributed by atoms with E-state index in [2.05, 4.69) is 55.6 Å². The van der Waals surface area contributed by atoms with Gasteiger partial charge in [0, 0.05) is 24.8 Å². The topological polar surface area (TPSA) is 44.4 Å². The Morgan fingerprint density at radius 1 is 1.38 bits per heavy atom. The molecule has 1 aliphatic heterocycles. The maximum Gasteiger partial charge on any atom is 0.225 e. The van der Waals surface area contributed by atoms with Crippen molar-refractivity contribution in [2.45, 2.75) is 26.3 Å². The maximum atomic E-state index is 12.4. The monoisotopic (exact) mass is 289 g/mol. The van der Waals surface area contributed by atoms with Crippen molar-refractivity contribution >= 4 is 11.6 Å². The number of fused-ring (bicyclic) bond motifs is 1. The standard InChI is InChI=1S/C17H27N3O/c1-12(2)16(20(3)4)11-19-17(21)14-9-13-7-5-6-8-15(13)18-10-14/h5-8,12,14,16,18H,9-11H2,1-4H3,(H,19,21). The van der Waals surface area contributed by atoms with Crippen LogP contribution in [-0.2, 0) is 11.2 Å².